The maximum absolute atomic E-state index is 11.2. The lowest BCUT2D eigenvalue weighted by atomic mass is 10.4. The first kappa shape index (κ1) is 12.1. The largest absolute Gasteiger partial charge is 0.480 e. The van der Waals surface area contributed by atoms with Crippen LogP contribution in [0, 0.1) is 12.3 Å². The van der Waals surface area contributed by atoms with E-state index in [-0.39, 0.29) is 25.1 Å². The lowest BCUT2D eigenvalue weighted by Crippen LogP contribution is -2.28. The third-order valence-electron chi connectivity index (χ3n) is 1.86. The number of hydrogen-bond donors (Lipinski definition) is 1. The van der Waals surface area contributed by atoms with Crippen LogP contribution in [-0.4, -0.2) is 28.8 Å². The van der Waals surface area contributed by atoms with E-state index >= 15 is 0 Å². The van der Waals surface area contributed by atoms with Crippen LogP contribution < -0.4 is 10.1 Å². The zero-order valence-corrected chi connectivity index (χ0v) is 9.43. The summed E-state index contributed by atoms with van der Waals surface area (Å²) in [6.07, 6.45) is 8.33. The van der Waals surface area contributed by atoms with E-state index in [0.717, 1.165) is 0 Å². The van der Waals surface area contributed by atoms with Gasteiger partial charge in [-0.15, -0.1) is 6.42 Å². The van der Waals surface area contributed by atoms with Gasteiger partial charge in [-0.05, 0) is 13.8 Å². The Kier molecular flexibility index (Phi) is 4.40. The lowest BCUT2D eigenvalue weighted by Gasteiger charge is -2.04. The van der Waals surface area contributed by atoms with Crippen LogP contribution in [0.15, 0.2) is 12.4 Å². The molecule has 5 heteroatoms. The van der Waals surface area contributed by atoms with Gasteiger partial charge in [-0.1, -0.05) is 5.92 Å². The Bertz CT molecular complexity index is 390. The zero-order valence-electron chi connectivity index (χ0n) is 9.43. The van der Waals surface area contributed by atoms with Gasteiger partial charge < -0.3 is 10.1 Å². The molecule has 1 aromatic heterocycles. The van der Waals surface area contributed by atoms with Crippen LogP contribution >= 0.6 is 0 Å². The van der Waals surface area contributed by atoms with Crippen molar-refractivity contribution < 1.29 is 9.53 Å². The van der Waals surface area contributed by atoms with Crippen LogP contribution in [0.3, 0.4) is 0 Å². The van der Waals surface area contributed by atoms with Gasteiger partial charge in [0.1, 0.15) is 0 Å². The van der Waals surface area contributed by atoms with Crippen LogP contribution in [0.1, 0.15) is 19.9 Å². The minimum Gasteiger partial charge on any atom is -0.480 e. The van der Waals surface area contributed by atoms with Crippen molar-refractivity contribution >= 4 is 5.91 Å². The van der Waals surface area contributed by atoms with Crippen LogP contribution in [-0.2, 0) is 4.79 Å². The summed E-state index contributed by atoms with van der Waals surface area (Å²) in [6.45, 7) is 4.19. The minimum atomic E-state index is -0.241. The maximum Gasteiger partial charge on any atom is 0.258 e. The fraction of sp³-hybridized carbons (Fsp3) is 0.455. The normalized spacial score (nSPS) is 9.88. The summed E-state index contributed by atoms with van der Waals surface area (Å²) in [5.41, 5.74) is 0. The molecule has 0 unspecified atom stereocenters. The van der Waals surface area contributed by atoms with Crippen LogP contribution in [0.25, 0.3) is 0 Å². The number of amides is 1. The summed E-state index contributed by atoms with van der Waals surface area (Å²) in [4.78, 5) is 11.2. The quantitative estimate of drug-likeness (QED) is 0.740. The number of nitrogens with one attached hydrogen (secondary N) is 1. The first-order valence-corrected chi connectivity index (χ1v) is 5.00. The van der Waals surface area contributed by atoms with Gasteiger partial charge in [0.15, 0.2) is 12.4 Å². The van der Waals surface area contributed by atoms with Crippen LogP contribution in [0.5, 0.6) is 5.75 Å². The zero-order chi connectivity index (χ0) is 12.0. The van der Waals surface area contributed by atoms with Crippen molar-refractivity contribution in [3.05, 3.63) is 12.4 Å². The van der Waals surface area contributed by atoms with Crippen molar-refractivity contribution in [2.24, 2.45) is 0 Å². The fourth-order valence-corrected chi connectivity index (χ4v) is 1.03. The molecule has 0 aliphatic heterocycles. The van der Waals surface area contributed by atoms with Crippen molar-refractivity contribution in [1.29, 1.82) is 0 Å². The van der Waals surface area contributed by atoms with E-state index in [0.29, 0.717) is 5.75 Å². The van der Waals surface area contributed by atoms with E-state index in [2.05, 4.69) is 16.3 Å². The molecule has 0 aliphatic carbocycles. The molecule has 0 saturated carbocycles. The highest BCUT2D eigenvalue weighted by molar-refractivity contribution is 5.77. The monoisotopic (exact) mass is 221 g/mol. The van der Waals surface area contributed by atoms with Gasteiger partial charge in [0, 0.05) is 6.04 Å². The molecular formula is C11H15N3O2. The molecule has 0 atom stereocenters. The number of carbonyl (C=O) groups is 1. The first-order valence-electron chi connectivity index (χ1n) is 5.00. The Labute approximate surface area is 94.8 Å². The molecular weight excluding hydrogens is 206 g/mol. The van der Waals surface area contributed by atoms with Gasteiger partial charge in [-0.3, -0.25) is 9.48 Å². The van der Waals surface area contributed by atoms with E-state index in [4.69, 9.17) is 11.2 Å². The Morgan fingerprint density at radius 3 is 3.06 bits per heavy atom. The van der Waals surface area contributed by atoms with Gasteiger partial charge in [0.05, 0.1) is 18.9 Å². The number of carbonyl (C=O) groups excluding carboxylic acids is 1. The summed E-state index contributed by atoms with van der Waals surface area (Å²) < 4.78 is 6.99. The van der Waals surface area contributed by atoms with Crippen molar-refractivity contribution in [2.45, 2.75) is 19.9 Å². The molecule has 16 heavy (non-hydrogen) atoms. The highest BCUT2D eigenvalue weighted by atomic mass is 16.5. The van der Waals surface area contributed by atoms with Gasteiger partial charge in [0.25, 0.3) is 5.91 Å². The number of aromatic nitrogens is 2. The van der Waals surface area contributed by atoms with Crippen molar-refractivity contribution in [3.63, 3.8) is 0 Å². The topological polar surface area (TPSA) is 56.1 Å². The van der Waals surface area contributed by atoms with E-state index in [1.165, 1.54) is 0 Å². The fourth-order valence-electron chi connectivity index (χ4n) is 1.03. The molecule has 0 saturated heterocycles. The second kappa shape index (κ2) is 5.81. The third kappa shape index (κ3) is 3.65. The predicted molar refractivity (Wildman–Crippen MR) is 59.9 cm³/mol. The standard InChI is InChI=1S/C11H15N3O2/c1-4-5-12-11(15)8-16-10-6-13-14(7-10)9(2)3/h1,6-7,9H,5,8H2,2-3H3,(H,12,15). The van der Waals surface area contributed by atoms with Gasteiger partial charge in [-0.2, -0.15) is 5.10 Å². The summed E-state index contributed by atoms with van der Waals surface area (Å²) in [7, 11) is 0. The van der Waals surface area contributed by atoms with Crippen LogP contribution in [0.4, 0.5) is 0 Å². The molecule has 0 aromatic carbocycles. The van der Waals surface area contributed by atoms with E-state index in [1.807, 2.05) is 13.8 Å². The maximum atomic E-state index is 11.2. The van der Waals surface area contributed by atoms with Crippen LogP contribution in [0.2, 0.25) is 0 Å². The van der Waals surface area contributed by atoms with Crippen molar-refractivity contribution in [3.8, 4) is 18.1 Å². The number of rotatable bonds is 5. The molecule has 0 bridgehead atoms. The second-order valence-corrected chi connectivity index (χ2v) is 3.52. The molecule has 1 rings (SSSR count). The molecule has 1 N–H and O–H groups in total. The molecule has 0 radical (unpaired) electrons. The number of terminal acetylenes is 1. The molecule has 0 aliphatic rings. The lowest BCUT2D eigenvalue weighted by molar-refractivity contribution is -0.122. The number of ether oxygens (including phenoxy) is 1. The smallest absolute Gasteiger partial charge is 0.258 e. The van der Waals surface area contributed by atoms with Gasteiger partial charge >= 0.3 is 0 Å². The Morgan fingerprint density at radius 1 is 1.75 bits per heavy atom. The summed E-state index contributed by atoms with van der Waals surface area (Å²) in [6, 6.07) is 0.271. The molecule has 86 valence electrons. The Balaban J connectivity index is 2.37. The van der Waals surface area contributed by atoms with Gasteiger partial charge in [-0.25, -0.2) is 0 Å². The molecule has 1 amide bonds. The highest BCUT2D eigenvalue weighted by Gasteiger charge is 2.05. The van der Waals surface area contributed by atoms with E-state index in [1.54, 1.807) is 17.1 Å². The summed E-state index contributed by atoms with van der Waals surface area (Å²) in [5, 5.41) is 6.59. The predicted octanol–water partition coefficient (Wildman–Crippen LogP) is 0.592. The summed E-state index contributed by atoms with van der Waals surface area (Å²) in [5.74, 6) is 2.65. The van der Waals surface area contributed by atoms with Gasteiger partial charge in [0.2, 0.25) is 0 Å². The second-order valence-electron chi connectivity index (χ2n) is 3.52. The molecule has 5 nitrogen and oxygen atoms in total. The number of hydrogen-bond acceptors (Lipinski definition) is 3. The van der Waals surface area contributed by atoms with Crippen molar-refractivity contribution in [1.82, 2.24) is 15.1 Å². The molecule has 1 aromatic rings. The highest BCUT2D eigenvalue weighted by Crippen LogP contribution is 2.11. The third-order valence-corrected chi connectivity index (χ3v) is 1.86. The molecule has 0 fully saturated rings. The van der Waals surface area contributed by atoms with E-state index in [9.17, 15) is 4.79 Å². The average molecular weight is 221 g/mol. The minimum absolute atomic E-state index is 0.0501. The molecule has 1 heterocycles. The van der Waals surface area contributed by atoms with Crippen molar-refractivity contribution in [2.75, 3.05) is 13.2 Å². The van der Waals surface area contributed by atoms with E-state index < -0.39 is 0 Å². The Morgan fingerprint density at radius 2 is 2.50 bits per heavy atom. The number of nitrogens with zero attached hydrogens (tertiary/aromatic N) is 2. The molecule has 0 spiro atoms. The Hall–Kier alpha value is -1.96. The average Bonchev–Trinajstić information content (AvgIpc) is 2.72. The SMILES string of the molecule is C#CCNC(=O)COc1cnn(C(C)C)c1. The summed E-state index contributed by atoms with van der Waals surface area (Å²) >= 11 is 0. The first-order chi connectivity index (χ1) is 7.63.